The van der Waals surface area contributed by atoms with Gasteiger partial charge in [-0.05, 0) is 18.9 Å². The molecule has 23 heavy (non-hydrogen) atoms. The number of hydrogen-bond acceptors (Lipinski definition) is 3. The average Bonchev–Trinajstić information content (AvgIpc) is 2.60. The van der Waals surface area contributed by atoms with Gasteiger partial charge in [-0.15, -0.1) is 0 Å². The monoisotopic (exact) mass is 321 g/mol. The number of nitrogens with one attached hydrogen (secondary N) is 1. The lowest BCUT2D eigenvalue weighted by molar-refractivity contribution is -0.130. The fourth-order valence-corrected chi connectivity index (χ4v) is 2.92. The molecule has 1 N–H and O–H groups in total. The molecule has 3 nitrogen and oxygen atoms in total. The highest BCUT2D eigenvalue weighted by Gasteiger charge is 2.33. The van der Waals surface area contributed by atoms with Crippen molar-refractivity contribution in [2.75, 3.05) is 14.2 Å². The number of benzene rings is 1. The van der Waals surface area contributed by atoms with Gasteiger partial charge in [0.25, 0.3) is 0 Å². The largest absolute Gasteiger partial charge is 0.377 e. The van der Waals surface area contributed by atoms with Crippen LogP contribution in [0.2, 0.25) is 0 Å². The highest BCUT2D eigenvalue weighted by Crippen LogP contribution is 2.21. The van der Waals surface area contributed by atoms with Crippen LogP contribution in [0, 0.1) is 0 Å². The van der Waals surface area contributed by atoms with Crippen LogP contribution in [0.4, 0.5) is 0 Å². The third-order valence-corrected chi connectivity index (χ3v) is 4.63. The van der Waals surface area contributed by atoms with E-state index in [1.54, 1.807) is 14.2 Å². The maximum atomic E-state index is 5.77. The molecule has 0 saturated heterocycles. The van der Waals surface area contributed by atoms with Gasteiger partial charge in [0.1, 0.15) is 5.72 Å². The molecule has 1 aromatic carbocycles. The molecular weight excluding hydrogens is 286 g/mol. The summed E-state index contributed by atoms with van der Waals surface area (Å²) in [6.07, 6.45) is 8.87. The van der Waals surface area contributed by atoms with Gasteiger partial charge in [0.15, 0.2) is 0 Å². The van der Waals surface area contributed by atoms with Gasteiger partial charge in [0.2, 0.25) is 0 Å². The first-order valence-corrected chi connectivity index (χ1v) is 9.03. The lowest BCUT2D eigenvalue weighted by Gasteiger charge is -2.36. The molecule has 2 unspecified atom stereocenters. The van der Waals surface area contributed by atoms with Crippen LogP contribution in [0.25, 0.3) is 0 Å². The minimum atomic E-state index is -0.464. The lowest BCUT2D eigenvalue weighted by Crippen LogP contribution is -2.54. The summed E-state index contributed by atoms with van der Waals surface area (Å²) >= 11 is 0. The summed E-state index contributed by atoms with van der Waals surface area (Å²) in [4.78, 5) is 0. The molecule has 1 aromatic rings. The third kappa shape index (κ3) is 7.47. The van der Waals surface area contributed by atoms with Gasteiger partial charge >= 0.3 is 0 Å². The maximum absolute atomic E-state index is 5.77. The quantitative estimate of drug-likeness (QED) is 0.414. The van der Waals surface area contributed by atoms with Gasteiger partial charge in [0, 0.05) is 20.8 Å². The minimum absolute atomic E-state index is 0.0578. The molecule has 0 saturated carbocycles. The average molecular weight is 322 g/mol. The van der Waals surface area contributed by atoms with Crippen molar-refractivity contribution in [2.45, 2.75) is 77.2 Å². The highest BCUT2D eigenvalue weighted by atomic mass is 16.5. The van der Waals surface area contributed by atoms with E-state index in [4.69, 9.17) is 9.47 Å². The van der Waals surface area contributed by atoms with E-state index in [0.29, 0.717) is 0 Å². The second-order valence-corrected chi connectivity index (χ2v) is 6.43. The molecule has 0 aliphatic heterocycles. The molecule has 0 amide bonds. The standard InChI is InChI=1S/C20H35NO2/c1-5-6-7-8-9-13-16-19(22-3)20(2,23-4)21-17-18-14-11-10-12-15-18/h10-12,14-15,19,21H,5-9,13,16-17H2,1-4H3. The van der Waals surface area contributed by atoms with E-state index in [1.807, 2.05) is 6.07 Å². The van der Waals surface area contributed by atoms with Crippen molar-refractivity contribution < 1.29 is 9.47 Å². The third-order valence-electron chi connectivity index (χ3n) is 4.63. The Morgan fingerprint density at radius 2 is 1.65 bits per heavy atom. The summed E-state index contributed by atoms with van der Waals surface area (Å²) in [6, 6.07) is 10.4. The van der Waals surface area contributed by atoms with Crippen LogP contribution in [0.5, 0.6) is 0 Å². The van der Waals surface area contributed by atoms with Crippen LogP contribution < -0.4 is 5.32 Å². The second-order valence-electron chi connectivity index (χ2n) is 6.43. The predicted molar refractivity (Wildman–Crippen MR) is 97.5 cm³/mol. The Hall–Kier alpha value is -0.900. The van der Waals surface area contributed by atoms with Crippen molar-refractivity contribution in [3.8, 4) is 0 Å². The molecule has 0 heterocycles. The topological polar surface area (TPSA) is 30.5 Å². The Morgan fingerprint density at radius 1 is 1.00 bits per heavy atom. The Bertz CT molecular complexity index is 396. The van der Waals surface area contributed by atoms with Crippen molar-refractivity contribution in [1.29, 1.82) is 0 Å². The van der Waals surface area contributed by atoms with Crippen molar-refractivity contribution in [2.24, 2.45) is 0 Å². The van der Waals surface area contributed by atoms with Gasteiger partial charge < -0.3 is 9.47 Å². The molecule has 0 spiro atoms. The molecule has 2 atom stereocenters. The Balaban J connectivity index is 2.43. The molecule has 0 bridgehead atoms. The molecule has 132 valence electrons. The Kier molecular flexibility index (Phi) is 10.2. The molecule has 1 rings (SSSR count). The van der Waals surface area contributed by atoms with Crippen LogP contribution in [-0.4, -0.2) is 26.0 Å². The fraction of sp³-hybridized carbons (Fsp3) is 0.700. The summed E-state index contributed by atoms with van der Waals surface area (Å²) in [7, 11) is 3.54. The number of ether oxygens (including phenoxy) is 2. The first-order chi connectivity index (χ1) is 11.2. The number of unbranched alkanes of at least 4 members (excludes halogenated alkanes) is 5. The van der Waals surface area contributed by atoms with E-state index in [2.05, 4.69) is 43.4 Å². The van der Waals surface area contributed by atoms with Crippen molar-refractivity contribution >= 4 is 0 Å². The predicted octanol–water partition coefficient (Wildman–Crippen LogP) is 4.90. The summed E-state index contributed by atoms with van der Waals surface area (Å²) in [5.74, 6) is 0. The van der Waals surface area contributed by atoms with Crippen molar-refractivity contribution in [1.82, 2.24) is 5.32 Å². The molecule has 0 radical (unpaired) electrons. The Morgan fingerprint density at radius 3 is 2.26 bits per heavy atom. The number of methoxy groups -OCH3 is 2. The summed E-state index contributed by atoms with van der Waals surface area (Å²) in [6.45, 7) is 5.12. The van der Waals surface area contributed by atoms with Gasteiger partial charge in [0.05, 0.1) is 6.10 Å². The van der Waals surface area contributed by atoms with E-state index in [9.17, 15) is 0 Å². The molecule has 0 aromatic heterocycles. The number of hydrogen-bond donors (Lipinski definition) is 1. The number of rotatable bonds is 13. The van der Waals surface area contributed by atoms with Crippen LogP contribution in [-0.2, 0) is 16.0 Å². The zero-order valence-corrected chi connectivity index (χ0v) is 15.4. The van der Waals surface area contributed by atoms with Crippen LogP contribution in [0.3, 0.4) is 0 Å². The van der Waals surface area contributed by atoms with Crippen molar-refractivity contribution in [3.05, 3.63) is 35.9 Å². The zero-order chi connectivity index (χ0) is 17.0. The van der Waals surface area contributed by atoms with E-state index in [0.717, 1.165) is 13.0 Å². The molecule has 0 fully saturated rings. The summed E-state index contributed by atoms with van der Waals surface area (Å²) < 4.78 is 11.5. The van der Waals surface area contributed by atoms with Crippen LogP contribution in [0.1, 0.15) is 64.4 Å². The van der Waals surface area contributed by atoms with Crippen molar-refractivity contribution in [3.63, 3.8) is 0 Å². The Labute approximate surface area is 142 Å². The smallest absolute Gasteiger partial charge is 0.142 e. The van der Waals surface area contributed by atoms with Crippen LogP contribution >= 0.6 is 0 Å². The van der Waals surface area contributed by atoms with Gasteiger partial charge in [-0.2, -0.15) is 0 Å². The zero-order valence-electron chi connectivity index (χ0n) is 15.4. The molecule has 3 heteroatoms. The van der Waals surface area contributed by atoms with E-state index >= 15 is 0 Å². The molecule has 0 aliphatic carbocycles. The SMILES string of the molecule is CCCCCCCCC(OC)C(C)(NCc1ccccc1)OC. The fourth-order valence-electron chi connectivity index (χ4n) is 2.92. The van der Waals surface area contributed by atoms with Gasteiger partial charge in [-0.25, -0.2) is 0 Å². The van der Waals surface area contributed by atoms with Gasteiger partial charge in [-0.1, -0.05) is 75.8 Å². The molecular formula is C20H35NO2. The lowest BCUT2D eigenvalue weighted by atomic mass is 10.00. The first-order valence-electron chi connectivity index (χ1n) is 9.03. The second kappa shape index (κ2) is 11.6. The summed E-state index contributed by atoms with van der Waals surface area (Å²) in [5, 5.41) is 3.53. The minimum Gasteiger partial charge on any atom is -0.377 e. The first kappa shape index (κ1) is 20.1. The maximum Gasteiger partial charge on any atom is 0.142 e. The van der Waals surface area contributed by atoms with Gasteiger partial charge in [-0.3, -0.25) is 5.32 Å². The normalized spacial score (nSPS) is 15.3. The highest BCUT2D eigenvalue weighted by molar-refractivity contribution is 5.14. The van der Waals surface area contributed by atoms with E-state index < -0.39 is 5.72 Å². The van der Waals surface area contributed by atoms with E-state index in [-0.39, 0.29) is 6.10 Å². The van der Waals surface area contributed by atoms with Crippen LogP contribution in [0.15, 0.2) is 30.3 Å². The summed E-state index contributed by atoms with van der Waals surface area (Å²) in [5.41, 5.74) is 0.791. The molecule has 0 aliphatic rings. The van der Waals surface area contributed by atoms with E-state index in [1.165, 1.54) is 44.1 Å².